The maximum absolute atomic E-state index is 12.9. The lowest BCUT2D eigenvalue weighted by atomic mass is 10.00. The molecule has 0 saturated heterocycles. The summed E-state index contributed by atoms with van der Waals surface area (Å²) in [5.74, 6) is 0.476. The molecule has 0 bridgehead atoms. The Labute approximate surface area is 73.4 Å². The number of halogens is 1. The van der Waals surface area contributed by atoms with Crippen molar-refractivity contribution in [1.82, 2.24) is 0 Å². The Morgan fingerprint density at radius 1 is 1.08 bits per heavy atom. The summed E-state index contributed by atoms with van der Waals surface area (Å²) in [6.07, 6.45) is -0.858. The lowest BCUT2D eigenvalue weighted by molar-refractivity contribution is 0.374. The monoisotopic (exact) mass is 166 g/mol. The molecule has 0 aliphatic heterocycles. The van der Waals surface area contributed by atoms with E-state index < -0.39 is 6.17 Å². The molecule has 1 atom stereocenters. The summed E-state index contributed by atoms with van der Waals surface area (Å²) >= 11 is 0. The topological polar surface area (TPSA) is 0 Å². The Hall–Kier alpha value is -0.850. The van der Waals surface area contributed by atoms with E-state index in [4.69, 9.17) is 0 Å². The summed E-state index contributed by atoms with van der Waals surface area (Å²) < 4.78 is 12.9. The van der Waals surface area contributed by atoms with E-state index in [9.17, 15) is 4.39 Å². The largest absolute Gasteiger partial charge is 0.243 e. The second-order valence-corrected chi connectivity index (χ2v) is 3.44. The van der Waals surface area contributed by atoms with Crippen LogP contribution < -0.4 is 0 Å². The van der Waals surface area contributed by atoms with Gasteiger partial charge in [0.15, 0.2) is 0 Å². The van der Waals surface area contributed by atoms with Crippen molar-refractivity contribution in [3.8, 4) is 0 Å². The van der Waals surface area contributed by atoms with Gasteiger partial charge in [0.2, 0.25) is 0 Å². The molecule has 0 saturated carbocycles. The molecule has 1 heteroatoms. The highest BCUT2D eigenvalue weighted by atomic mass is 19.1. The van der Waals surface area contributed by atoms with Crippen LogP contribution in [0, 0.1) is 0 Å². The highest BCUT2D eigenvalue weighted by molar-refractivity contribution is 5.26. The van der Waals surface area contributed by atoms with Crippen molar-refractivity contribution >= 4 is 0 Å². The van der Waals surface area contributed by atoms with E-state index >= 15 is 0 Å². The molecule has 0 fully saturated rings. The van der Waals surface area contributed by atoms with Gasteiger partial charge in [-0.2, -0.15) is 0 Å². The zero-order valence-corrected chi connectivity index (χ0v) is 7.84. The van der Waals surface area contributed by atoms with Gasteiger partial charge >= 0.3 is 0 Å². The molecule has 0 nitrogen and oxygen atoms in total. The smallest absolute Gasteiger partial charge is 0.122 e. The quantitative estimate of drug-likeness (QED) is 0.626. The zero-order valence-electron chi connectivity index (χ0n) is 7.84. The van der Waals surface area contributed by atoms with Gasteiger partial charge in [-0.05, 0) is 24.0 Å². The third-order valence-corrected chi connectivity index (χ3v) is 2.04. The van der Waals surface area contributed by atoms with Gasteiger partial charge in [-0.3, -0.25) is 0 Å². The minimum Gasteiger partial charge on any atom is -0.243 e. The van der Waals surface area contributed by atoms with E-state index in [0.717, 1.165) is 5.56 Å². The number of benzene rings is 1. The Kier molecular flexibility index (Phi) is 2.85. The van der Waals surface area contributed by atoms with Crippen molar-refractivity contribution in [2.24, 2.45) is 0 Å². The van der Waals surface area contributed by atoms with Gasteiger partial charge < -0.3 is 0 Å². The maximum Gasteiger partial charge on any atom is 0.122 e. The minimum atomic E-state index is -0.858. The predicted molar refractivity (Wildman–Crippen MR) is 50.1 cm³/mol. The molecule has 0 aliphatic rings. The van der Waals surface area contributed by atoms with Crippen LogP contribution >= 0.6 is 0 Å². The van der Waals surface area contributed by atoms with Crippen LogP contribution in [0.1, 0.15) is 44.0 Å². The maximum atomic E-state index is 12.9. The van der Waals surface area contributed by atoms with Gasteiger partial charge in [0.25, 0.3) is 0 Å². The lowest BCUT2D eigenvalue weighted by Crippen LogP contribution is -1.91. The van der Waals surface area contributed by atoms with Crippen LogP contribution in [-0.4, -0.2) is 0 Å². The van der Waals surface area contributed by atoms with E-state index in [1.54, 1.807) is 6.92 Å². The van der Waals surface area contributed by atoms with Crippen LogP contribution in [0.2, 0.25) is 0 Å². The molecule has 0 N–H and O–H groups in total. The standard InChI is InChI=1S/C11H15F/c1-8(2)10-5-4-6-11(7-10)9(3)12/h4-9H,1-3H3/t9-/m0/s1. The Balaban J connectivity index is 2.96. The molecule has 0 amide bonds. The van der Waals surface area contributed by atoms with Gasteiger partial charge in [0.05, 0.1) is 0 Å². The molecule has 1 rings (SSSR count). The first-order valence-electron chi connectivity index (χ1n) is 4.35. The van der Waals surface area contributed by atoms with Crippen LogP contribution in [0.3, 0.4) is 0 Å². The third kappa shape index (κ3) is 2.07. The molecule has 0 radical (unpaired) electrons. The molecule has 0 unspecified atom stereocenters. The van der Waals surface area contributed by atoms with E-state index in [1.807, 2.05) is 24.3 Å². The van der Waals surface area contributed by atoms with Crippen molar-refractivity contribution in [3.05, 3.63) is 35.4 Å². The zero-order chi connectivity index (χ0) is 9.14. The van der Waals surface area contributed by atoms with E-state index in [2.05, 4.69) is 13.8 Å². The summed E-state index contributed by atoms with van der Waals surface area (Å²) in [6.45, 7) is 5.80. The number of hydrogen-bond donors (Lipinski definition) is 0. The van der Waals surface area contributed by atoms with Crippen LogP contribution in [0.4, 0.5) is 4.39 Å². The summed E-state index contributed by atoms with van der Waals surface area (Å²) in [5.41, 5.74) is 1.98. The molecular formula is C11H15F. The first-order chi connectivity index (χ1) is 5.61. The summed E-state index contributed by atoms with van der Waals surface area (Å²) in [7, 11) is 0. The van der Waals surface area contributed by atoms with Crippen molar-refractivity contribution in [1.29, 1.82) is 0 Å². The number of alkyl halides is 1. The normalized spacial score (nSPS) is 13.4. The molecule has 0 aromatic heterocycles. The van der Waals surface area contributed by atoms with E-state index in [0.29, 0.717) is 5.92 Å². The average molecular weight is 166 g/mol. The Bertz CT molecular complexity index is 228. The predicted octanol–water partition coefficient (Wildman–Crippen LogP) is 3.84. The molecule has 0 spiro atoms. The fourth-order valence-electron chi connectivity index (χ4n) is 1.17. The van der Waals surface area contributed by atoms with E-state index in [-0.39, 0.29) is 0 Å². The second kappa shape index (κ2) is 3.70. The average Bonchev–Trinajstić information content (AvgIpc) is 2.04. The van der Waals surface area contributed by atoms with Gasteiger partial charge in [-0.15, -0.1) is 0 Å². The lowest BCUT2D eigenvalue weighted by Gasteiger charge is -2.08. The first-order valence-corrected chi connectivity index (χ1v) is 4.35. The number of hydrogen-bond acceptors (Lipinski definition) is 0. The highest BCUT2D eigenvalue weighted by Crippen LogP contribution is 2.21. The fraction of sp³-hybridized carbons (Fsp3) is 0.455. The van der Waals surface area contributed by atoms with E-state index in [1.165, 1.54) is 5.56 Å². The van der Waals surface area contributed by atoms with Crippen molar-refractivity contribution in [3.63, 3.8) is 0 Å². The van der Waals surface area contributed by atoms with Gasteiger partial charge in [0, 0.05) is 0 Å². The fourth-order valence-corrected chi connectivity index (χ4v) is 1.17. The molecule has 1 aromatic carbocycles. The van der Waals surface area contributed by atoms with Crippen molar-refractivity contribution in [2.75, 3.05) is 0 Å². The summed E-state index contributed by atoms with van der Waals surface area (Å²) in [4.78, 5) is 0. The van der Waals surface area contributed by atoms with Crippen LogP contribution in [0.15, 0.2) is 24.3 Å². The van der Waals surface area contributed by atoms with Gasteiger partial charge in [-0.25, -0.2) is 4.39 Å². The molecule has 12 heavy (non-hydrogen) atoms. The second-order valence-electron chi connectivity index (χ2n) is 3.44. The highest BCUT2D eigenvalue weighted by Gasteiger charge is 2.04. The minimum absolute atomic E-state index is 0.476. The van der Waals surface area contributed by atoms with Gasteiger partial charge in [0.1, 0.15) is 6.17 Å². The molecule has 1 aromatic rings. The summed E-state index contributed by atoms with van der Waals surface area (Å²) in [5, 5.41) is 0. The Morgan fingerprint density at radius 2 is 1.67 bits per heavy atom. The van der Waals surface area contributed by atoms with Crippen molar-refractivity contribution in [2.45, 2.75) is 32.9 Å². The Morgan fingerprint density at radius 3 is 2.17 bits per heavy atom. The van der Waals surface area contributed by atoms with Crippen molar-refractivity contribution < 1.29 is 4.39 Å². The molecular weight excluding hydrogens is 151 g/mol. The SMILES string of the molecule is CC(C)c1cccc([C@H](C)F)c1. The number of rotatable bonds is 2. The van der Waals surface area contributed by atoms with Crippen LogP contribution in [0.25, 0.3) is 0 Å². The first kappa shape index (κ1) is 9.24. The molecule has 0 heterocycles. The van der Waals surface area contributed by atoms with Gasteiger partial charge in [-0.1, -0.05) is 38.1 Å². The molecule has 0 aliphatic carbocycles. The summed E-state index contributed by atoms with van der Waals surface area (Å²) in [6, 6.07) is 7.73. The third-order valence-electron chi connectivity index (χ3n) is 2.04. The molecule has 66 valence electrons. The van der Waals surface area contributed by atoms with Crippen LogP contribution in [-0.2, 0) is 0 Å². The van der Waals surface area contributed by atoms with Crippen LogP contribution in [0.5, 0.6) is 0 Å².